The highest BCUT2D eigenvalue weighted by Crippen LogP contribution is 2.30. The van der Waals surface area contributed by atoms with Crippen LogP contribution in [0.25, 0.3) is 0 Å². The van der Waals surface area contributed by atoms with E-state index in [1.807, 2.05) is 36.4 Å². The zero-order valence-corrected chi connectivity index (χ0v) is 14.2. The summed E-state index contributed by atoms with van der Waals surface area (Å²) in [7, 11) is 0.596. The van der Waals surface area contributed by atoms with Crippen LogP contribution in [0.4, 0.5) is 0 Å². The third-order valence-corrected chi connectivity index (χ3v) is 5.79. The fraction of sp³-hybridized carbons (Fsp3) is 0.235. The molecule has 0 aliphatic heterocycles. The van der Waals surface area contributed by atoms with Crippen LogP contribution in [-0.2, 0) is 10.8 Å². The summed E-state index contributed by atoms with van der Waals surface area (Å²) in [5.41, 5.74) is 0.633. The van der Waals surface area contributed by atoms with Gasteiger partial charge >= 0.3 is 0 Å². The Balaban J connectivity index is 1.97. The predicted octanol–water partition coefficient (Wildman–Crippen LogP) is 3.80. The molecule has 3 nitrogen and oxygen atoms in total. The van der Waals surface area contributed by atoms with E-state index in [9.17, 15) is 9.00 Å². The first-order valence-electron chi connectivity index (χ1n) is 6.87. The van der Waals surface area contributed by atoms with Crippen molar-refractivity contribution < 1.29 is 13.7 Å². The average molecular weight is 334 g/mol. The zero-order valence-electron chi connectivity index (χ0n) is 12.6. The van der Waals surface area contributed by atoms with Crippen LogP contribution in [0.2, 0.25) is 0 Å². The van der Waals surface area contributed by atoms with E-state index in [2.05, 4.69) is 0 Å². The summed E-state index contributed by atoms with van der Waals surface area (Å²) in [5, 5.41) is 0. The second-order valence-corrected chi connectivity index (χ2v) is 7.34. The van der Waals surface area contributed by atoms with Gasteiger partial charge in [-0.25, -0.2) is 0 Å². The van der Waals surface area contributed by atoms with Gasteiger partial charge in [0.1, 0.15) is 5.75 Å². The maximum Gasteiger partial charge on any atom is 0.159 e. The highest BCUT2D eigenvalue weighted by Gasteiger charge is 2.09. The number of carbonyl (C=O) groups excluding carboxylic acids is 1. The lowest BCUT2D eigenvalue weighted by Crippen LogP contribution is -2.01. The van der Waals surface area contributed by atoms with E-state index in [0.29, 0.717) is 17.1 Å². The van der Waals surface area contributed by atoms with Crippen LogP contribution in [0.1, 0.15) is 17.3 Å². The number of rotatable bonds is 7. The van der Waals surface area contributed by atoms with Crippen LogP contribution >= 0.6 is 11.8 Å². The molecular formula is C17H18O3S2. The predicted molar refractivity (Wildman–Crippen MR) is 91.4 cm³/mol. The first-order valence-corrected chi connectivity index (χ1v) is 9.17. The first-order chi connectivity index (χ1) is 10.6. The largest absolute Gasteiger partial charge is 0.496 e. The number of Topliss-reactive ketones (excluding diaryl/α,β-unsaturated/α-hetero) is 1. The molecule has 0 radical (unpaired) electrons. The van der Waals surface area contributed by atoms with Gasteiger partial charge in [0.2, 0.25) is 0 Å². The van der Waals surface area contributed by atoms with E-state index in [1.54, 1.807) is 31.0 Å². The van der Waals surface area contributed by atoms with Crippen LogP contribution in [0.15, 0.2) is 58.3 Å². The molecule has 22 heavy (non-hydrogen) atoms. The number of benzene rings is 2. The molecule has 1 atom stereocenters. The van der Waals surface area contributed by atoms with E-state index in [0.717, 1.165) is 15.5 Å². The molecular weight excluding hydrogens is 316 g/mol. The van der Waals surface area contributed by atoms with Crippen molar-refractivity contribution in [3.05, 3.63) is 54.1 Å². The molecule has 2 aromatic carbocycles. The zero-order chi connectivity index (χ0) is 15.9. The third kappa shape index (κ3) is 4.45. The number of methoxy groups -OCH3 is 1. The Hall–Kier alpha value is -1.59. The summed E-state index contributed by atoms with van der Waals surface area (Å²) in [5.74, 6) is 1.99. The Bertz CT molecular complexity index is 669. The van der Waals surface area contributed by atoms with Crippen molar-refractivity contribution in [2.45, 2.75) is 16.7 Å². The normalized spacial score (nSPS) is 11.9. The molecule has 0 fully saturated rings. The topological polar surface area (TPSA) is 43.4 Å². The minimum atomic E-state index is -0.993. The molecule has 0 bridgehead atoms. The fourth-order valence-electron chi connectivity index (χ4n) is 1.92. The van der Waals surface area contributed by atoms with Crippen molar-refractivity contribution in [2.24, 2.45) is 0 Å². The monoisotopic (exact) mass is 334 g/mol. The number of thioether (sulfide) groups is 1. The molecule has 0 spiro atoms. The Morgan fingerprint density at radius 3 is 2.55 bits per heavy atom. The Morgan fingerprint density at radius 1 is 1.18 bits per heavy atom. The lowest BCUT2D eigenvalue weighted by Gasteiger charge is -2.09. The SMILES string of the molecule is COc1cc(C(C)=O)ccc1SCCS(=O)c1ccccc1. The molecule has 0 heterocycles. The van der Waals surface area contributed by atoms with Gasteiger partial charge in [0.05, 0.1) is 17.9 Å². The van der Waals surface area contributed by atoms with Crippen molar-refractivity contribution in [2.75, 3.05) is 18.6 Å². The molecule has 5 heteroatoms. The smallest absolute Gasteiger partial charge is 0.159 e. The van der Waals surface area contributed by atoms with Crippen LogP contribution < -0.4 is 4.74 Å². The minimum Gasteiger partial charge on any atom is -0.496 e. The number of ether oxygens (including phenoxy) is 1. The lowest BCUT2D eigenvalue weighted by atomic mass is 10.1. The number of carbonyl (C=O) groups is 1. The molecule has 0 N–H and O–H groups in total. The fourth-order valence-corrected chi connectivity index (χ4v) is 4.23. The second-order valence-electron chi connectivity index (χ2n) is 4.63. The van der Waals surface area contributed by atoms with E-state index in [4.69, 9.17) is 4.74 Å². The van der Waals surface area contributed by atoms with E-state index in [-0.39, 0.29) is 5.78 Å². The van der Waals surface area contributed by atoms with Gasteiger partial charge < -0.3 is 4.74 Å². The molecule has 0 saturated carbocycles. The summed E-state index contributed by atoms with van der Waals surface area (Å²) >= 11 is 1.59. The van der Waals surface area contributed by atoms with Gasteiger partial charge in [0.25, 0.3) is 0 Å². The molecule has 0 aliphatic carbocycles. The van der Waals surface area contributed by atoms with Crippen molar-refractivity contribution in [3.8, 4) is 5.75 Å². The highest BCUT2D eigenvalue weighted by atomic mass is 32.2. The summed E-state index contributed by atoms with van der Waals surface area (Å²) in [6, 6.07) is 14.9. The van der Waals surface area contributed by atoms with Gasteiger partial charge in [-0.05, 0) is 31.2 Å². The van der Waals surface area contributed by atoms with Gasteiger partial charge in [-0.3, -0.25) is 9.00 Å². The number of hydrogen-bond donors (Lipinski definition) is 0. The van der Waals surface area contributed by atoms with Crippen LogP contribution in [0.3, 0.4) is 0 Å². The lowest BCUT2D eigenvalue weighted by molar-refractivity contribution is 0.101. The maximum absolute atomic E-state index is 12.2. The molecule has 2 rings (SSSR count). The average Bonchev–Trinajstić information content (AvgIpc) is 2.55. The molecule has 116 valence electrons. The molecule has 0 saturated heterocycles. The van der Waals surface area contributed by atoms with Crippen LogP contribution in [0, 0.1) is 0 Å². The van der Waals surface area contributed by atoms with Crippen LogP contribution in [0.5, 0.6) is 5.75 Å². The van der Waals surface area contributed by atoms with Crippen molar-refractivity contribution in [3.63, 3.8) is 0 Å². The van der Waals surface area contributed by atoms with Crippen LogP contribution in [-0.4, -0.2) is 28.6 Å². The van der Waals surface area contributed by atoms with E-state index in [1.165, 1.54) is 6.92 Å². The number of ketones is 1. The quantitative estimate of drug-likeness (QED) is 0.571. The van der Waals surface area contributed by atoms with E-state index >= 15 is 0 Å². The third-order valence-electron chi connectivity index (χ3n) is 3.10. The summed E-state index contributed by atoms with van der Waals surface area (Å²) in [6.45, 7) is 1.53. The molecule has 1 unspecified atom stereocenters. The minimum absolute atomic E-state index is 0.0139. The Labute approximate surface area is 137 Å². The van der Waals surface area contributed by atoms with Crippen molar-refractivity contribution in [1.82, 2.24) is 0 Å². The second kappa shape index (κ2) is 8.15. The summed E-state index contributed by atoms with van der Waals surface area (Å²) in [4.78, 5) is 13.2. The van der Waals surface area contributed by atoms with Gasteiger partial charge in [0.15, 0.2) is 5.78 Å². The van der Waals surface area contributed by atoms with Crippen molar-refractivity contribution in [1.29, 1.82) is 0 Å². The Kier molecular flexibility index (Phi) is 6.21. The maximum atomic E-state index is 12.2. The molecule has 0 aliphatic rings. The molecule has 2 aromatic rings. The number of hydrogen-bond acceptors (Lipinski definition) is 4. The Morgan fingerprint density at radius 2 is 1.91 bits per heavy atom. The molecule has 0 aromatic heterocycles. The summed E-state index contributed by atoms with van der Waals surface area (Å²) in [6.07, 6.45) is 0. The van der Waals surface area contributed by atoms with Gasteiger partial charge in [-0.15, -0.1) is 11.8 Å². The summed E-state index contributed by atoms with van der Waals surface area (Å²) < 4.78 is 17.5. The van der Waals surface area contributed by atoms with Gasteiger partial charge in [-0.1, -0.05) is 24.3 Å². The van der Waals surface area contributed by atoms with Crippen molar-refractivity contribution >= 4 is 28.3 Å². The van der Waals surface area contributed by atoms with E-state index < -0.39 is 10.8 Å². The highest BCUT2D eigenvalue weighted by molar-refractivity contribution is 8.00. The van der Waals surface area contributed by atoms with Gasteiger partial charge in [0, 0.05) is 26.9 Å². The first kappa shape index (κ1) is 16.8. The van der Waals surface area contributed by atoms with Gasteiger partial charge in [-0.2, -0.15) is 0 Å². The standard InChI is InChI=1S/C17H18O3S2/c1-13(18)14-8-9-17(16(12-14)20-2)21-10-11-22(19)15-6-4-3-5-7-15/h3-9,12H,10-11H2,1-2H3. The molecule has 0 amide bonds.